The van der Waals surface area contributed by atoms with Crippen molar-refractivity contribution in [2.75, 3.05) is 0 Å². The van der Waals surface area contributed by atoms with Crippen LogP contribution in [0.4, 0.5) is 4.39 Å². The third kappa shape index (κ3) is 0.849. The maximum Gasteiger partial charge on any atom is 0.232 e. The number of hydrogen-bond donors (Lipinski definition) is 0. The summed E-state index contributed by atoms with van der Waals surface area (Å²) in [7, 11) is 0. The summed E-state index contributed by atoms with van der Waals surface area (Å²) >= 11 is 10.2. The summed E-state index contributed by atoms with van der Waals surface area (Å²) in [5.74, 6) is 0. The van der Waals surface area contributed by atoms with Crippen LogP contribution in [0.25, 0.3) is 0 Å². The van der Waals surface area contributed by atoms with Gasteiger partial charge in [0.15, 0.2) is 5.13 Å². The van der Waals surface area contributed by atoms with Crippen LogP contribution in [0.15, 0.2) is 0 Å². The average Bonchev–Trinajstić information content (AvgIpc) is 2.08. The topological polar surface area (TPSA) is 17.1 Å². The summed E-state index contributed by atoms with van der Waals surface area (Å²) < 4.78 is 12.6. The normalized spacial score (nSPS) is 48.9. The molecule has 0 amide bonds. The smallest absolute Gasteiger partial charge is 0.232 e. The lowest BCUT2D eigenvalue weighted by Crippen LogP contribution is -2.12. The molecule has 0 aromatic rings. The molecule has 2 atom stereocenters. The lowest BCUT2D eigenvalue weighted by atomic mass is 10.2. The van der Waals surface area contributed by atoms with Crippen LogP contribution in [-0.2, 0) is 4.79 Å². The largest absolute Gasteiger partial charge is 0.281 e. The zero-order valence-electron chi connectivity index (χ0n) is 4.75. The van der Waals surface area contributed by atoms with Crippen molar-refractivity contribution < 1.29 is 9.18 Å². The molecule has 0 saturated heterocycles. The van der Waals surface area contributed by atoms with Crippen molar-refractivity contribution in [3.63, 3.8) is 0 Å². The Morgan fingerprint density at radius 3 is 2.11 bits per heavy atom. The van der Waals surface area contributed by atoms with Gasteiger partial charge >= 0.3 is 0 Å². The van der Waals surface area contributed by atoms with Gasteiger partial charge in [0.1, 0.15) is 0 Å². The Morgan fingerprint density at radius 1 is 1.78 bits per heavy atom. The molecule has 52 valence electrons. The zero-order valence-corrected chi connectivity index (χ0v) is 6.26. The standard InChI is InChI=1S/C5H5Cl2FO/c1-4(3(6)9)2-5(4,7)8/h2H2,1H3/t4-,5-/m0/s1. The molecule has 1 nitrogen and oxygen atoms in total. The molecule has 0 aliphatic heterocycles. The highest BCUT2D eigenvalue weighted by Crippen LogP contribution is 2.62. The number of carbonyl (C=O) groups is 1. The van der Waals surface area contributed by atoms with E-state index >= 15 is 0 Å². The van der Waals surface area contributed by atoms with Crippen molar-refractivity contribution in [1.82, 2.24) is 0 Å². The molecular formula is C5H5Cl2FO. The van der Waals surface area contributed by atoms with E-state index in [0.717, 1.165) is 0 Å². The second-order valence-electron chi connectivity index (χ2n) is 2.49. The Balaban J connectivity index is 2.74. The molecule has 0 radical (unpaired) electrons. The highest BCUT2D eigenvalue weighted by Gasteiger charge is 2.69. The molecule has 1 aliphatic rings. The Bertz CT molecular complexity index is 168. The molecule has 0 heterocycles. The molecule has 1 rings (SSSR count). The fraction of sp³-hybridized carbons (Fsp3) is 0.800. The van der Waals surface area contributed by atoms with Crippen molar-refractivity contribution in [2.24, 2.45) is 5.41 Å². The lowest BCUT2D eigenvalue weighted by molar-refractivity contribution is -0.116. The van der Waals surface area contributed by atoms with E-state index in [-0.39, 0.29) is 6.42 Å². The van der Waals surface area contributed by atoms with Gasteiger partial charge in [-0.25, -0.2) is 4.39 Å². The molecule has 1 fully saturated rings. The predicted octanol–water partition coefficient (Wildman–Crippen LogP) is 2.07. The zero-order chi connectivity index (χ0) is 7.28. The third-order valence-corrected chi connectivity index (χ3v) is 2.66. The molecule has 9 heavy (non-hydrogen) atoms. The molecule has 4 heteroatoms. The van der Waals surface area contributed by atoms with Gasteiger partial charge in [-0.05, 0) is 18.5 Å². The fourth-order valence-corrected chi connectivity index (χ4v) is 1.23. The fourth-order valence-electron chi connectivity index (χ4n) is 0.613. The van der Waals surface area contributed by atoms with Gasteiger partial charge in [-0.2, -0.15) is 0 Å². The maximum atomic E-state index is 12.6. The van der Waals surface area contributed by atoms with Gasteiger partial charge in [-0.1, -0.05) is 11.6 Å². The number of alkyl halides is 2. The number of rotatable bonds is 1. The van der Waals surface area contributed by atoms with E-state index in [2.05, 4.69) is 0 Å². The Morgan fingerprint density at radius 2 is 2.11 bits per heavy atom. The number of carbonyl (C=O) groups excluding carboxylic acids is 1. The SMILES string of the molecule is C[C@@]1(C(=O)Cl)C[C@@]1(F)Cl. The van der Waals surface area contributed by atoms with Crippen LogP contribution in [0.1, 0.15) is 13.3 Å². The minimum absolute atomic E-state index is 0.0316. The van der Waals surface area contributed by atoms with Crippen molar-refractivity contribution >= 4 is 28.4 Å². The molecule has 0 bridgehead atoms. The van der Waals surface area contributed by atoms with E-state index in [1.807, 2.05) is 0 Å². The van der Waals surface area contributed by atoms with Gasteiger partial charge in [0.2, 0.25) is 5.24 Å². The summed E-state index contributed by atoms with van der Waals surface area (Å²) in [5.41, 5.74) is -1.13. The van der Waals surface area contributed by atoms with Crippen LogP contribution in [-0.4, -0.2) is 10.4 Å². The van der Waals surface area contributed by atoms with Crippen LogP contribution in [0.2, 0.25) is 0 Å². The van der Waals surface area contributed by atoms with E-state index in [0.29, 0.717) is 0 Å². The summed E-state index contributed by atoms with van der Waals surface area (Å²) in [6.07, 6.45) is 0.0316. The highest BCUT2D eigenvalue weighted by atomic mass is 35.5. The lowest BCUT2D eigenvalue weighted by Gasteiger charge is -2.01. The van der Waals surface area contributed by atoms with E-state index in [1.165, 1.54) is 6.92 Å². The summed E-state index contributed by atoms with van der Waals surface area (Å²) in [4.78, 5) is 10.4. The summed E-state index contributed by atoms with van der Waals surface area (Å²) in [6, 6.07) is 0. The highest BCUT2D eigenvalue weighted by molar-refractivity contribution is 6.66. The minimum Gasteiger partial charge on any atom is -0.281 e. The number of halogens is 3. The van der Waals surface area contributed by atoms with Crippen LogP contribution < -0.4 is 0 Å². The third-order valence-electron chi connectivity index (χ3n) is 1.69. The first-order chi connectivity index (χ1) is 3.90. The van der Waals surface area contributed by atoms with Crippen LogP contribution in [0, 0.1) is 5.41 Å². The molecule has 1 saturated carbocycles. The van der Waals surface area contributed by atoms with Gasteiger partial charge in [0.25, 0.3) is 0 Å². The van der Waals surface area contributed by atoms with Crippen LogP contribution in [0.5, 0.6) is 0 Å². The second kappa shape index (κ2) is 1.61. The first-order valence-corrected chi connectivity index (χ1v) is 3.23. The summed E-state index contributed by atoms with van der Waals surface area (Å²) in [6.45, 7) is 1.41. The van der Waals surface area contributed by atoms with Crippen molar-refractivity contribution in [3.05, 3.63) is 0 Å². The first-order valence-electron chi connectivity index (χ1n) is 2.48. The first kappa shape index (κ1) is 7.29. The molecule has 1 aliphatic carbocycles. The van der Waals surface area contributed by atoms with E-state index < -0.39 is 15.8 Å². The quantitative estimate of drug-likeness (QED) is 0.435. The van der Waals surface area contributed by atoms with E-state index in [1.54, 1.807) is 0 Å². The maximum absolute atomic E-state index is 12.6. The molecule has 0 N–H and O–H groups in total. The van der Waals surface area contributed by atoms with Gasteiger partial charge in [0.05, 0.1) is 5.41 Å². The van der Waals surface area contributed by atoms with Crippen molar-refractivity contribution in [1.29, 1.82) is 0 Å². The second-order valence-corrected chi connectivity index (χ2v) is 3.43. The van der Waals surface area contributed by atoms with Gasteiger partial charge < -0.3 is 0 Å². The molecule has 0 spiro atoms. The van der Waals surface area contributed by atoms with E-state index in [9.17, 15) is 9.18 Å². The predicted molar refractivity (Wildman–Crippen MR) is 33.3 cm³/mol. The Labute approximate surface area is 62.1 Å². The molecule has 0 unspecified atom stereocenters. The Kier molecular flexibility index (Phi) is 1.30. The average molecular weight is 171 g/mol. The van der Waals surface area contributed by atoms with Crippen molar-refractivity contribution in [3.8, 4) is 0 Å². The van der Waals surface area contributed by atoms with Crippen LogP contribution in [0.3, 0.4) is 0 Å². The molecule has 0 aromatic carbocycles. The van der Waals surface area contributed by atoms with Gasteiger partial charge in [-0.15, -0.1) is 0 Å². The van der Waals surface area contributed by atoms with Crippen LogP contribution >= 0.6 is 23.2 Å². The summed E-state index contributed by atoms with van der Waals surface area (Å²) in [5, 5.41) is -2.58. The molecular weight excluding hydrogens is 166 g/mol. The monoisotopic (exact) mass is 170 g/mol. The Hall–Kier alpha value is 0.180. The van der Waals surface area contributed by atoms with Gasteiger partial charge in [-0.3, -0.25) is 4.79 Å². The van der Waals surface area contributed by atoms with Gasteiger partial charge in [0, 0.05) is 6.42 Å². The molecule has 0 aromatic heterocycles. The number of hydrogen-bond acceptors (Lipinski definition) is 1. The van der Waals surface area contributed by atoms with E-state index in [4.69, 9.17) is 23.2 Å². The minimum atomic E-state index is -1.88. The van der Waals surface area contributed by atoms with Crippen molar-refractivity contribution in [2.45, 2.75) is 18.5 Å².